The smallest absolute Gasteiger partial charge is 0.410 e. The lowest BCUT2D eigenvalue weighted by molar-refractivity contribution is 0.00254. The molecule has 0 aliphatic carbocycles. The highest BCUT2D eigenvalue weighted by atomic mass is 16.6. The van der Waals surface area contributed by atoms with Crippen molar-refractivity contribution in [1.82, 2.24) is 9.80 Å². The van der Waals surface area contributed by atoms with Crippen LogP contribution >= 0.6 is 0 Å². The van der Waals surface area contributed by atoms with Gasteiger partial charge in [-0.1, -0.05) is 0 Å². The van der Waals surface area contributed by atoms with E-state index in [0.717, 1.165) is 43.5 Å². The van der Waals surface area contributed by atoms with Crippen molar-refractivity contribution in [2.75, 3.05) is 27.2 Å². The maximum absolute atomic E-state index is 13.1. The van der Waals surface area contributed by atoms with Gasteiger partial charge in [0.15, 0.2) is 5.78 Å². The van der Waals surface area contributed by atoms with E-state index in [4.69, 9.17) is 9.47 Å². The highest BCUT2D eigenvalue weighted by molar-refractivity contribution is 5.98. The van der Waals surface area contributed by atoms with Gasteiger partial charge in [-0.2, -0.15) is 0 Å². The van der Waals surface area contributed by atoms with Crippen molar-refractivity contribution >= 4 is 11.9 Å². The van der Waals surface area contributed by atoms with Gasteiger partial charge in [-0.05, 0) is 84.8 Å². The lowest BCUT2D eigenvalue weighted by Gasteiger charge is -2.39. The molecule has 160 valence electrons. The van der Waals surface area contributed by atoms with Gasteiger partial charge in [0.2, 0.25) is 0 Å². The van der Waals surface area contributed by atoms with Crippen molar-refractivity contribution < 1.29 is 19.1 Å². The monoisotopic (exact) mass is 402 g/mol. The molecule has 0 aromatic heterocycles. The first kappa shape index (κ1) is 21.6. The summed E-state index contributed by atoms with van der Waals surface area (Å²) in [5.41, 5.74) is 0.222. The summed E-state index contributed by atoms with van der Waals surface area (Å²) in [6, 6.07) is 7.66. The second-order valence-electron chi connectivity index (χ2n) is 9.48. The first-order chi connectivity index (χ1) is 13.6. The number of fused-ring (bicyclic) bond motifs is 2. The molecule has 1 amide bonds. The van der Waals surface area contributed by atoms with Gasteiger partial charge in [0, 0.05) is 30.1 Å². The number of Topliss-reactive ketones (excluding diaryl/α,β-unsaturated/α-hetero) is 1. The maximum Gasteiger partial charge on any atom is 0.410 e. The van der Waals surface area contributed by atoms with Crippen LogP contribution in [0.25, 0.3) is 0 Å². The van der Waals surface area contributed by atoms with Crippen molar-refractivity contribution in [2.24, 2.45) is 5.92 Å². The van der Waals surface area contributed by atoms with Crippen LogP contribution in [0.3, 0.4) is 0 Å². The van der Waals surface area contributed by atoms with Gasteiger partial charge in [-0.3, -0.25) is 4.79 Å². The van der Waals surface area contributed by atoms with Gasteiger partial charge in [-0.15, -0.1) is 0 Å². The van der Waals surface area contributed by atoms with Gasteiger partial charge < -0.3 is 19.3 Å². The molecular weight excluding hydrogens is 368 g/mol. The second-order valence-corrected chi connectivity index (χ2v) is 9.48. The van der Waals surface area contributed by atoms with Crippen LogP contribution in [-0.2, 0) is 4.74 Å². The molecule has 2 unspecified atom stereocenters. The number of likely N-dealkylation sites (N-methyl/N-ethyl adjacent to an activating group) is 1. The molecule has 2 atom stereocenters. The number of ketones is 1. The Morgan fingerprint density at radius 1 is 1.07 bits per heavy atom. The third-order valence-electron chi connectivity index (χ3n) is 5.65. The molecule has 0 spiro atoms. The quantitative estimate of drug-likeness (QED) is 0.674. The number of piperidine rings is 1. The average Bonchev–Trinajstić information content (AvgIpc) is 2.90. The van der Waals surface area contributed by atoms with Crippen LogP contribution in [-0.4, -0.2) is 66.6 Å². The molecule has 29 heavy (non-hydrogen) atoms. The fourth-order valence-electron chi connectivity index (χ4n) is 4.30. The molecule has 2 bridgehead atoms. The van der Waals surface area contributed by atoms with Gasteiger partial charge in [0.1, 0.15) is 18.0 Å². The molecule has 2 heterocycles. The summed E-state index contributed by atoms with van der Waals surface area (Å²) in [5, 5.41) is 0. The van der Waals surface area contributed by atoms with E-state index in [2.05, 4.69) is 4.90 Å². The van der Waals surface area contributed by atoms with Crippen molar-refractivity contribution in [3.05, 3.63) is 29.8 Å². The highest BCUT2D eigenvalue weighted by Gasteiger charge is 2.46. The summed E-state index contributed by atoms with van der Waals surface area (Å²) in [4.78, 5) is 29.6. The van der Waals surface area contributed by atoms with Crippen LogP contribution < -0.4 is 4.74 Å². The minimum Gasteiger partial charge on any atom is -0.492 e. The summed E-state index contributed by atoms with van der Waals surface area (Å²) in [6.07, 6.45) is 3.10. The van der Waals surface area contributed by atoms with E-state index in [-0.39, 0.29) is 29.9 Å². The van der Waals surface area contributed by atoms with E-state index >= 15 is 0 Å². The Hall–Kier alpha value is -2.08. The van der Waals surface area contributed by atoms with Gasteiger partial charge in [-0.25, -0.2) is 4.79 Å². The van der Waals surface area contributed by atoms with Crippen molar-refractivity contribution in [3.63, 3.8) is 0 Å². The molecule has 0 saturated carbocycles. The van der Waals surface area contributed by atoms with Crippen molar-refractivity contribution in [3.8, 4) is 5.75 Å². The fourth-order valence-corrected chi connectivity index (χ4v) is 4.30. The Kier molecular flexibility index (Phi) is 6.52. The fraction of sp³-hybridized carbons (Fsp3) is 0.652. The first-order valence-corrected chi connectivity index (χ1v) is 10.6. The van der Waals surface area contributed by atoms with Crippen LogP contribution in [0.1, 0.15) is 56.8 Å². The molecule has 0 radical (unpaired) electrons. The molecular formula is C23H34N2O4. The summed E-state index contributed by atoms with van der Waals surface area (Å²) in [5.74, 6) is 0.917. The molecule has 2 aliphatic rings. The number of amides is 1. The number of carbonyl (C=O) groups is 2. The molecule has 6 heteroatoms. The first-order valence-electron chi connectivity index (χ1n) is 10.6. The average molecular weight is 403 g/mol. The molecule has 3 rings (SSSR count). The summed E-state index contributed by atoms with van der Waals surface area (Å²) < 4.78 is 11.3. The number of carbonyl (C=O) groups excluding carboxylic acids is 2. The predicted molar refractivity (Wildman–Crippen MR) is 112 cm³/mol. The van der Waals surface area contributed by atoms with E-state index in [0.29, 0.717) is 6.61 Å². The van der Waals surface area contributed by atoms with E-state index in [1.807, 2.05) is 64.0 Å². The Morgan fingerprint density at radius 3 is 2.17 bits per heavy atom. The number of hydrogen-bond acceptors (Lipinski definition) is 5. The number of rotatable bonds is 6. The lowest BCUT2D eigenvalue weighted by atomic mass is 9.85. The molecule has 2 saturated heterocycles. The Labute approximate surface area is 174 Å². The van der Waals surface area contributed by atoms with E-state index in [1.165, 1.54) is 0 Å². The zero-order valence-corrected chi connectivity index (χ0v) is 18.3. The molecule has 2 aliphatic heterocycles. The van der Waals surface area contributed by atoms with Crippen molar-refractivity contribution in [1.29, 1.82) is 0 Å². The summed E-state index contributed by atoms with van der Waals surface area (Å²) >= 11 is 0. The Morgan fingerprint density at radius 2 is 1.66 bits per heavy atom. The van der Waals surface area contributed by atoms with Crippen molar-refractivity contribution in [2.45, 2.75) is 64.1 Å². The standard InChI is InChI=1S/C23H34N2O4/c1-23(2,3)29-22(27)25-18-8-9-19(25)15-17(14-18)21(26)16-6-10-20(11-7-16)28-13-12-24(4)5/h6-7,10-11,17-19H,8-9,12-15H2,1-5H3. The van der Waals surface area contributed by atoms with Gasteiger partial charge >= 0.3 is 6.09 Å². The van der Waals surface area contributed by atoms with Gasteiger partial charge in [0.05, 0.1) is 0 Å². The van der Waals surface area contributed by atoms with E-state index in [9.17, 15) is 9.59 Å². The van der Waals surface area contributed by atoms with Crippen LogP contribution in [0.4, 0.5) is 4.79 Å². The maximum atomic E-state index is 13.1. The molecule has 0 N–H and O–H groups in total. The molecule has 6 nitrogen and oxygen atoms in total. The third-order valence-corrected chi connectivity index (χ3v) is 5.65. The minimum absolute atomic E-state index is 0.0355. The largest absolute Gasteiger partial charge is 0.492 e. The number of nitrogens with zero attached hydrogens (tertiary/aromatic N) is 2. The lowest BCUT2D eigenvalue weighted by Crippen LogP contribution is -2.49. The minimum atomic E-state index is -0.500. The SMILES string of the molecule is CN(C)CCOc1ccc(C(=O)C2CC3CCC(C2)N3C(=O)OC(C)(C)C)cc1. The van der Waals surface area contributed by atoms with Crippen LogP contribution in [0.5, 0.6) is 5.75 Å². The van der Waals surface area contributed by atoms with E-state index in [1.54, 1.807) is 0 Å². The molecule has 2 fully saturated rings. The number of ether oxygens (including phenoxy) is 2. The topological polar surface area (TPSA) is 59.1 Å². The molecule has 1 aromatic rings. The molecule has 1 aromatic carbocycles. The number of hydrogen-bond donors (Lipinski definition) is 0. The summed E-state index contributed by atoms with van der Waals surface area (Å²) in [7, 11) is 4.01. The van der Waals surface area contributed by atoms with Gasteiger partial charge in [0.25, 0.3) is 0 Å². The predicted octanol–water partition coefficient (Wildman–Crippen LogP) is 3.99. The van der Waals surface area contributed by atoms with Crippen LogP contribution in [0.15, 0.2) is 24.3 Å². The highest BCUT2D eigenvalue weighted by Crippen LogP contribution is 2.40. The second kappa shape index (κ2) is 8.74. The van der Waals surface area contributed by atoms with Crippen LogP contribution in [0, 0.1) is 5.92 Å². The normalized spacial score (nSPS) is 23.9. The Bertz CT molecular complexity index is 709. The third kappa shape index (κ3) is 5.50. The number of benzene rings is 1. The zero-order chi connectivity index (χ0) is 21.2. The summed E-state index contributed by atoms with van der Waals surface area (Å²) in [6.45, 7) is 7.12. The Balaban J connectivity index is 1.59. The zero-order valence-electron chi connectivity index (χ0n) is 18.3. The van der Waals surface area contributed by atoms with E-state index < -0.39 is 5.60 Å². The van der Waals surface area contributed by atoms with Crippen LogP contribution in [0.2, 0.25) is 0 Å².